The van der Waals surface area contributed by atoms with Crippen LogP contribution in [0.15, 0.2) is 47.4 Å². The van der Waals surface area contributed by atoms with E-state index in [0.717, 1.165) is 11.8 Å². The van der Waals surface area contributed by atoms with E-state index in [1.807, 2.05) is 0 Å². The second kappa shape index (κ2) is 7.63. The van der Waals surface area contributed by atoms with Crippen LogP contribution in [0.3, 0.4) is 0 Å². The molecule has 1 aliphatic rings. The van der Waals surface area contributed by atoms with E-state index in [1.54, 1.807) is 48.5 Å². The monoisotopic (exact) mass is 388 g/mol. The topological polar surface area (TPSA) is 88.5 Å². The van der Waals surface area contributed by atoms with Gasteiger partial charge in [-0.05, 0) is 47.7 Å². The van der Waals surface area contributed by atoms with Crippen molar-refractivity contribution >= 4 is 46.5 Å². The van der Waals surface area contributed by atoms with Crippen LogP contribution in [0.1, 0.15) is 15.9 Å². The van der Waals surface area contributed by atoms with Crippen LogP contribution in [0.4, 0.5) is 0 Å². The molecular weight excluding hydrogens is 376 g/mol. The highest BCUT2D eigenvalue weighted by atomic mass is 35.5. The Hall–Kier alpha value is -2.77. The Labute approximate surface area is 158 Å². The fraction of sp³-hybridized carbons (Fsp3) is 0.0556. The van der Waals surface area contributed by atoms with E-state index >= 15 is 0 Å². The predicted molar refractivity (Wildman–Crippen MR) is 101 cm³/mol. The van der Waals surface area contributed by atoms with Crippen molar-refractivity contribution in [1.29, 1.82) is 5.41 Å². The van der Waals surface area contributed by atoms with E-state index in [0.29, 0.717) is 21.2 Å². The maximum atomic E-state index is 12.3. The first-order valence-corrected chi connectivity index (χ1v) is 8.61. The fourth-order valence-electron chi connectivity index (χ4n) is 2.23. The minimum Gasteiger partial charge on any atom is -0.493 e. The van der Waals surface area contributed by atoms with Gasteiger partial charge in [0.2, 0.25) is 0 Å². The van der Waals surface area contributed by atoms with Gasteiger partial charge in [-0.3, -0.25) is 10.2 Å². The number of ether oxygens (including phenoxy) is 2. The third kappa shape index (κ3) is 3.89. The summed E-state index contributed by atoms with van der Waals surface area (Å²) in [4.78, 5) is 24.4. The van der Waals surface area contributed by atoms with Crippen LogP contribution < -0.4 is 14.8 Å². The lowest BCUT2D eigenvalue weighted by Gasteiger charge is -2.10. The van der Waals surface area contributed by atoms with Gasteiger partial charge in [-0.1, -0.05) is 29.8 Å². The van der Waals surface area contributed by atoms with E-state index in [1.165, 1.54) is 7.11 Å². The molecule has 0 saturated carbocycles. The van der Waals surface area contributed by atoms with Crippen molar-refractivity contribution in [2.45, 2.75) is 0 Å². The van der Waals surface area contributed by atoms with Crippen molar-refractivity contribution in [2.24, 2.45) is 0 Å². The number of carbonyl (C=O) groups is 2. The molecule has 1 amide bonds. The van der Waals surface area contributed by atoms with Crippen LogP contribution in [0.2, 0.25) is 5.02 Å². The normalized spacial score (nSPS) is 15.1. The number of carbonyl (C=O) groups excluding carboxylic acids is 2. The zero-order valence-corrected chi connectivity index (χ0v) is 15.1. The smallest absolute Gasteiger partial charge is 0.345 e. The Bertz CT molecular complexity index is 943. The number of amides is 1. The molecule has 0 radical (unpaired) electrons. The molecule has 2 aromatic rings. The molecular formula is C18H13ClN2O4S. The van der Waals surface area contributed by atoms with E-state index in [2.05, 4.69) is 5.32 Å². The van der Waals surface area contributed by atoms with Crippen LogP contribution >= 0.6 is 23.4 Å². The molecule has 0 bridgehead atoms. The minimum atomic E-state index is -0.598. The summed E-state index contributed by atoms with van der Waals surface area (Å²) in [6.07, 6.45) is 1.63. The molecule has 0 aromatic heterocycles. The van der Waals surface area contributed by atoms with E-state index in [9.17, 15) is 9.59 Å². The van der Waals surface area contributed by atoms with Gasteiger partial charge in [0, 0.05) is 0 Å². The number of amidine groups is 1. The van der Waals surface area contributed by atoms with Crippen LogP contribution in [0, 0.1) is 5.41 Å². The zero-order chi connectivity index (χ0) is 18.7. The minimum absolute atomic E-state index is 0.0819. The summed E-state index contributed by atoms with van der Waals surface area (Å²) in [6, 6.07) is 11.5. The van der Waals surface area contributed by atoms with Gasteiger partial charge < -0.3 is 14.8 Å². The third-order valence-corrected chi connectivity index (χ3v) is 4.60. The second-order valence-electron chi connectivity index (χ2n) is 5.17. The highest BCUT2D eigenvalue weighted by Gasteiger charge is 2.22. The first-order valence-electron chi connectivity index (χ1n) is 7.42. The van der Waals surface area contributed by atoms with Gasteiger partial charge in [0.15, 0.2) is 16.7 Å². The zero-order valence-electron chi connectivity index (χ0n) is 13.5. The molecule has 2 aromatic carbocycles. The standard InChI is InChI=1S/C18H13ClN2O4S/c1-24-14-8-10(9-15-16(22)21-18(20)26-15)6-7-13(14)25-17(23)11-4-2-3-5-12(11)19/h2-9H,1H3,(H2,20,21,22). The van der Waals surface area contributed by atoms with E-state index in [-0.39, 0.29) is 22.4 Å². The largest absolute Gasteiger partial charge is 0.493 e. The van der Waals surface area contributed by atoms with Gasteiger partial charge in [0.25, 0.3) is 5.91 Å². The molecule has 0 aliphatic carbocycles. The van der Waals surface area contributed by atoms with Crippen LogP contribution in [0.5, 0.6) is 11.5 Å². The van der Waals surface area contributed by atoms with Crippen molar-refractivity contribution in [3.63, 3.8) is 0 Å². The van der Waals surface area contributed by atoms with Gasteiger partial charge >= 0.3 is 5.97 Å². The molecule has 8 heteroatoms. The SMILES string of the molecule is COc1cc(C=C2SC(=N)NC2=O)ccc1OC(=O)c1ccccc1Cl. The lowest BCUT2D eigenvalue weighted by molar-refractivity contribution is -0.115. The van der Waals surface area contributed by atoms with Crippen molar-refractivity contribution in [1.82, 2.24) is 5.32 Å². The van der Waals surface area contributed by atoms with Crippen LogP contribution in [0.25, 0.3) is 6.08 Å². The average molecular weight is 389 g/mol. The molecule has 1 aliphatic heterocycles. The maximum Gasteiger partial charge on any atom is 0.345 e. The first-order chi connectivity index (χ1) is 12.5. The Balaban J connectivity index is 1.85. The summed E-state index contributed by atoms with van der Waals surface area (Å²) >= 11 is 7.05. The van der Waals surface area contributed by atoms with Gasteiger partial charge in [-0.2, -0.15) is 0 Å². The number of benzene rings is 2. The molecule has 2 N–H and O–H groups in total. The molecule has 6 nitrogen and oxygen atoms in total. The van der Waals surface area contributed by atoms with E-state index in [4.69, 9.17) is 26.5 Å². The van der Waals surface area contributed by atoms with Gasteiger partial charge in [-0.15, -0.1) is 0 Å². The molecule has 0 atom stereocenters. The predicted octanol–water partition coefficient (Wildman–Crippen LogP) is 3.71. The highest BCUT2D eigenvalue weighted by molar-refractivity contribution is 8.18. The van der Waals surface area contributed by atoms with Crippen molar-refractivity contribution in [3.8, 4) is 11.5 Å². The molecule has 1 heterocycles. The van der Waals surface area contributed by atoms with Crippen LogP contribution in [-0.4, -0.2) is 24.2 Å². The number of esters is 1. The molecule has 1 saturated heterocycles. The summed E-state index contributed by atoms with van der Waals surface area (Å²) in [6.45, 7) is 0. The van der Waals surface area contributed by atoms with Crippen LogP contribution in [-0.2, 0) is 4.79 Å². The molecule has 3 rings (SSSR count). The number of hydrogen-bond donors (Lipinski definition) is 2. The number of thioether (sulfide) groups is 1. The first kappa shape index (κ1) is 18.0. The number of hydrogen-bond acceptors (Lipinski definition) is 6. The molecule has 1 fully saturated rings. The summed E-state index contributed by atoms with van der Waals surface area (Å²) < 4.78 is 10.7. The van der Waals surface area contributed by atoms with Crippen molar-refractivity contribution in [2.75, 3.05) is 7.11 Å². The second-order valence-corrected chi connectivity index (χ2v) is 6.63. The lowest BCUT2D eigenvalue weighted by Crippen LogP contribution is -2.18. The summed E-state index contributed by atoms with van der Waals surface area (Å²) in [5, 5.41) is 10.2. The Morgan fingerprint density at radius 3 is 2.65 bits per heavy atom. The van der Waals surface area contributed by atoms with Gasteiger partial charge in [0.1, 0.15) is 0 Å². The molecule has 132 valence electrons. The molecule has 0 unspecified atom stereocenters. The quantitative estimate of drug-likeness (QED) is 0.473. The average Bonchev–Trinajstić information content (AvgIpc) is 2.93. The van der Waals surface area contributed by atoms with Crippen molar-refractivity contribution < 1.29 is 19.1 Å². The van der Waals surface area contributed by atoms with E-state index < -0.39 is 5.97 Å². The van der Waals surface area contributed by atoms with Gasteiger partial charge in [0.05, 0.1) is 22.6 Å². The Kier molecular flexibility index (Phi) is 5.29. The Morgan fingerprint density at radius 2 is 2.00 bits per heavy atom. The maximum absolute atomic E-state index is 12.3. The number of halogens is 1. The number of methoxy groups -OCH3 is 1. The fourth-order valence-corrected chi connectivity index (χ4v) is 3.15. The molecule has 26 heavy (non-hydrogen) atoms. The number of nitrogens with one attached hydrogen (secondary N) is 2. The number of rotatable bonds is 4. The lowest BCUT2D eigenvalue weighted by atomic mass is 10.2. The van der Waals surface area contributed by atoms with Crippen molar-refractivity contribution in [3.05, 3.63) is 63.5 Å². The van der Waals surface area contributed by atoms with Gasteiger partial charge in [-0.25, -0.2) is 4.79 Å². The third-order valence-electron chi connectivity index (χ3n) is 3.44. The Morgan fingerprint density at radius 1 is 1.23 bits per heavy atom. The summed E-state index contributed by atoms with van der Waals surface area (Å²) in [5.74, 6) is -0.360. The highest BCUT2D eigenvalue weighted by Crippen LogP contribution is 2.32. The summed E-state index contributed by atoms with van der Waals surface area (Å²) in [7, 11) is 1.45. The molecule has 0 spiro atoms. The summed E-state index contributed by atoms with van der Waals surface area (Å²) in [5.41, 5.74) is 0.923.